The van der Waals surface area contributed by atoms with E-state index >= 15 is 0 Å². The molecule has 1 saturated heterocycles. The van der Waals surface area contributed by atoms with Crippen molar-refractivity contribution in [1.29, 1.82) is 0 Å². The minimum atomic E-state index is -0.401. The van der Waals surface area contributed by atoms with Crippen LogP contribution in [0.4, 0.5) is 0 Å². The molecule has 1 unspecified atom stereocenters. The van der Waals surface area contributed by atoms with E-state index < -0.39 is 6.41 Å². The highest BCUT2D eigenvalue weighted by Gasteiger charge is 2.29. The highest BCUT2D eigenvalue weighted by atomic mass is 16.7. The summed E-state index contributed by atoms with van der Waals surface area (Å²) in [5.74, 6) is 0.254. The average molecular weight is 201 g/mol. The molecule has 1 rings (SSSR count). The molecule has 0 aliphatic carbocycles. The monoisotopic (exact) mass is 201 g/mol. The molecule has 1 heterocycles. The van der Waals surface area contributed by atoms with Crippen LogP contribution in [0.3, 0.4) is 0 Å². The fourth-order valence-electron chi connectivity index (χ4n) is 1.41. The van der Waals surface area contributed by atoms with Crippen LogP contribution >= 0.6 is 0 Å². The molecule has 0 saturated carbocycles. The van der Waals surface area contributed by atoms with Crippen molar-refractivity contribution in [1.82, 2.24) is 4.90 Å². The summed E-state index contributed by atoms with van der Waals surface area (Å²) in [5, 5.41) is 0. The maximum atomic E-state index is 11.1. The number of Topliss-reactive ketones (excluding diaryl/α,β-unsaturated/α-hetero) is 1. The fourth-order valence-corrected chi connectivity index (χ4v) is 1.41. The Morgan fingerprint density at radius 3 is 2.43 bits per heavy atom. The summed E-state index contributed by atoms with van der Waals surface area (Å²) >= 11 is 0. The second kappa shape index (κ2) is 4.38. The van der Waals surface area contributed by atoms with Crippen LogP contribution in [0.15, 0.2) is 0 Å². The van der Waals surface area contributed by atoms with Gasteiger partial charge >= 0.3 is 0 Å². The van der Waals surface area contributed by atoms with Crippen LogP contribution < -0.4 is 0 Å². The molecule has 14 heavy (non-hydrogen) atoms. The number of nitrogens with zero attached hydrogens (tertiary/aromatic N) is 1. The van der Waals surface area contributed by atoms with Crippen LogP contribution in [-0.4, -0.2) is 42.9 Å². The van der Waals surface area contributed by atoms with Crippen molar-refractivity contribution in [3.8, 4) is 0 Å². The topological polar surface area (TPSA) is 38.8 Å². The first kappa shape index (κ1) is 11.6. The minimum Gasteiger partial charge on any atom is -0.343 e. The SMILES string of the molecule is COC(OC(C)(C)C)N1CCC(=O)C1. The van der Waals surface area contributed by atoms with Gasteiger partial charge in [-0.3, -0.25) is 4.79 Å². The Morgan fingerprint density at radius 2 is 2.07 bits per heavy atom. The number of carbonyl (C=O) groups excluding carboxylic acids is 1. The van der Waals surface area contributed by atoms with E-state index in [1.807, 2.05) is 25.7 Å². The summed E-state index contributed by atoms with van der Waals surface area (Å²) in [6.45, 7) is 7.08. The summed E-state index contributed by atoms with van der Waals surface area (Å²) in [6.07, 6.45) is 0.203. The molecule has 0 N–H and O–H groups in total. The zero-order valence-corrected chi connectivity index (χ0v) is 9.37. The molecule has 4 heteroatoms. The van der Waals surface area contributed by atoms with Crippen molar-refractivity contribution in [3.63, 3.8) is 0 Å². The molecule has 1 fully saturated rings. The number of ketones is 1. The van der Waals surface area contributed by atoms with Crippen molar-refractivity contribution in [2.45, 2.75) is 39.2 Å². The Balaban J connectivity index is 2.50. The third kappa shape index (κ3) is 3.36. The predicted molar refractivity (Wildman–Crippen MR) is 52.8 cm³/mol. The van der Waals surface area contributed by atoms with Gasteiger partial charge in [-0.2, -0.15) is 0 Å². The third-order valence-electron chi connectivity index (χ3n) is 2.01. The normalized spacial score (nSPS) is 21.6. The highest BCUT2D eigenvalue weighted by Crippen LogP contribution is 2.17. The zero-order valence-electron chi connectivity index (χ0n) is 9.37. The largest absolute Gasteiger partial charge is 0.343 e. The van der Waals surface area contributed by atoms with Crippen molar-refractivity contribution < 1.29 is 14.3 Å². The van der Waals surface area contributed by atoms with E-state index in [-0.39, 0.29) is 11.4 Å². The molecule has 1 atom stereocenters. The lowest BCUT2D eigenvalue weighted by Gasteiger charge is -2.31. The molecular weight excluding hydrogens is 182 g/mol. The molecule has 1 aliphatic rings. The summed E-state index contributed by atoms with van der Waals surface area (Å²) < 4.78 is 10.9. The van der Waals surface area contributed by atoms with E-state index in [2.05, 4.69) is 0 Å². The van der Waals surface area contributed by atoms with E-state index in [0.717, 1.165) is 6.54 Å². The quantitative estimate of drug-likeness (QED) is 0.639. The Morgan fingerprint density at radius 1 is 1.43 bits per heavy atom. The highest BCUT2D eigenvalue weighted by molar-refractivity contribution is 5.82. The summed E-state index contributed by atoms with van der Waals surface area (Å²) in [4.78, 5) is 13.0. The van der Waals surface area contributed by atoms with E-state index in [0.29, 0.717) is 13.0 Å². The first-order valence-electron chi connectivity index (χ1n) is 4.89. The molecular formula is C10H19NO3. The molecule has 4 nitrogen and oxygen atoms in total. The zero-order chi connectivity index (χ0) is 10.8. The number of rotatable bonds is 3. The van der Waals surface area contributed by atoms with Crippen LogP contribution in [0, 0.1) is 0 Å². The standard InChI is InChI=1S/C10H19NO3/c1-10(2,3)14-9(13-4)11-6-5-8(12)7-11/h9H,5-7H2,1-4H3. The van der Waals surface area contributed by atoms with Crippen molar-refractivity contribution in [3.05, 3.63) is 0 Å². The maximum Gasteiger partial charge on any atom is 0.219 e. The van der Waals surface area contributed by atoms with Gasteiger partial charge in [0.15, 0.2) is 0 Å². The molecule has 0 spiro atoms. The first-order valence-corrected chi connectivity index (χ1v) is 4.89. The van der Waals surface area contributed by atoms with Gasteiger partial charge in [-0.15, -0.1) is 0 Å². The third-order valence-corrected chi connectivity index (χ3v) is 2.01. The Labute approximate surface area is 85.2 Å². The molecule has 0 radical (unpaired) electrons. The second-order valence-corrected chi connectivity index (χ2v) is 4.53. The van der Waals surface area contributed by atoms with Gasteiger partial charge in [-0.1, -0.05) is 0 Å². The van der Waals surface area contributed by atoms with Gasteiger partial charge < -0.3 is 9.47 Å². The Kier molecular flexibility index (Phi) is 3.64. The summed E-state index contributed by atoms with van der Waals surface area (Å²) in [5.41, 5.74) is -0.258. The first-order chi connectivity index (χ1) is 6.42. The lowest BCUT2D eigenvalue weighted by Crippen LogP contribution is -2.41. The second-order valence-electron chi connectivity index (χ2n) is 4.53. The lowest BCUT2D eigenvalue weighted by atomic mass is 10.2. The molecule has 0 aromatic heterocycles. The van der Waals surface area contributed by atoms with Gasteiger partial charge in [0.25, 0.3) is 0 Å². The summed E-state index contributed by atoms with van der Waals surface area (Å²) in [6, 6.07) is 0. The Hall–Kier alpha value is -0.450. The van der Waals surface area contributed by atoms with Crippen molar-refractivity contribution >= 4 is 5.78 Å². The fraction of sp³-hybridized carbons (Fsp3) is 0.900. The van der Waals surface area contributed by atoms with Crippen LogP contribution in [0.5, 0.6) is 0 Å². The van der Waals surface area contributed by atoms with Crippen molar-refractivity contribution in [2.75, 3.05) is 20.2 Å². The Bertz CT molecular complexity index is 210. The minimum absolute atomic E-state index is 0.254. The number of ether oxygens (including phenoxy) is 2. The van der Waals surface area contributed by atoms with Crippen LogP contribution in [0.1, 0.15) is 27.2 Å². The van der Waals surface area contributed by atoms with Crippen LogP contribution in [-0.2, 0) is 14.3 Å². The van der Waals surface area contributed by atoms with E-state index in [9.17, 15) is 4.79 Å². The van der Waals surface area contributed by atoms with Crippen LogP contribution in [0.25, 0.3) is 0 Å². The number of hydrogen-bond donors (Lipinski definition) is 0. The van der Waals surface area contributed by atoms with Gasteiger partial charge in [0.2, 0.25) is 6.41 Å². The number of likely N-dealkylation sites (tertiary alicyclic amines) is 1. The lowest BCUT2D eigenvalue weighted by molar-refractivity contribution is -0.247. The van der Waals surface area contributed by atoms with Gasteiger partial charge in [0.1, 0.15) is 5.78 Å². The number of carbonyl (C=O) groups is 1. The maximum absolute atomic E-state index is 11.1. The number of methoxy groups -OCH3 is 1. The predicted octanol–water partition coefficient (Wildman–Crippen LogP) is 1.01. The van der Waals surface area contributed by atoms with E-state index in [4.69, 9.17) is 9.47 Å². The average Bonchev–Trinajstić information content (AvgIpc) is 2.46. The van der Waals surface area contributed by atoms with Gasteiger partial charge in [0, 0.05) is 20.1 Å². The molecule has 0 bridgehead atoms. The van der Waals surface area contributed by atoms with Gasteiger partial charge in [0.05, 0.1) is 12.1 Å². The molecule has 0 amide bonds. The van der Waals surface area contributed by atoms with Crippen molar-refractivity contribution in [2.24, 2.45) is 0 Å². The molecule has 0 aromatic rings. The van der Waals surface area contributed by atoms with Gasteiger partial charge in [-0.25, -0.2) is 4.90 Å². The van der Waals surface area contributed by atoms with Crippen LogP contribution in [0.2, 0.25) is 0 Å². The number of hydrogen-bond acceptors (Lipinski definition) is 4. The van der Waals surface area contributed by atoms with Gasteiger partial charge in [-0.05, 0) is 20.8 Å². The molecule has 0 aromatic carbocycles. The van der Waals surface area contributed by atoms with E-state index in [1.54, 1.807) is 7.11 Å². The van der Waals surface area contributed by atoms with E-state index in [1.165, 1.54) is 0 Å². The smallest absolute Gasteiger partial charge is 0.219 e. The molecule has 82 valence electrons. The summed E-state index contributed by atoms with van der Waals surface area (Å²) in [7, 11) is 1.60. The molecule has 1 aliphatic heterocycles.